The third-order valence-electron chi connectivity index (χ3n) is 4.22. The number of aryl methyl sites for hydroxylation is 2. The molecular formula is C19H18ClN3OS. The number of likely N-dealkylation sites (N-methyl/N-ethyl adjacent to an activating group) is 1. The summed E-state index contributed by atoms with van der Waals surface area (Å²) in [6.07, 6.45) is 1.61. The highest BCUT2D eigenvalue weighted by Crippen LogP contribution is 2.37. The van der Waals surface area contributed by atoms with Crippen LogP contribution in [0.2, 0.25) is 5.15 Å². The molecule has 0 bridgehead atoms. The Labute approximate surface area is 156 Å². The van der Waals surface area contributed by atoms with Gasteiger partial charge in [0.2, 0.25) is 0 Å². The number of benzene rings is 1. The van der Waals surface area contributed by atoms with Crippen LogP contribution in [-0.2, 0) is 4.79 Å². The van der Waals surface area contributed by atoms with E-state index in [1.54, 1.807) is 30.3 Å². The van der Waals surface area contributed by atoms with Crippen molar-refractivity contribution in [2.45, 2.75) is 20.8 Å². The molecule has 0 aliphatic carbocycles. The molecule has 1 aliphatic heterocycles. The number of amides is 1. The van der Waals surface area contributed by atoms with Crippen molar-refractivity contribution in [2.24, 2.45) is 4.99 Å². The lowest BCUT2D eigenvalue weighted by Crippen LogP contribution is -2.23. The molecule has 0 atom stereocenters. The summed E-state index contributed by atoms with van der Waals surface area (Å²) >= 11 is 7.43. The van der Waals surface area contributed by atoms with E-state index in [-0.39, 0.29) is 5.91 Å². The quantitative estimate of drug-likeness (QED) is 0.552. The largest absolute Gasteiger partial charge is 0.290 e. The lowest BCUT2D eigenvalue weighted by Gasteiger charge is -2.08. The first kappa shape index (κ1) is 17.7. The van der Waals surface area contributed by atoms with Gasteiger partial charge >= 0.3 is 0 Å². The standard InChI is InChI=1S/C19H18ClN3OS/c1-11-7-8-14(10-12(11)2)13(3)16-18(24)23(4)19(25-16)22-15-6-5-9-21-17(15)20/h5-10H,1-4H3/b16-13-,22-19?. The maximum Gasteiger partial charge on any atom is 0.266 e. The van der Waals surface area contributed by atoms with Crippen LogP contribution in [0.25, 0.3) is 5.57 Å². The molecule has 4 nitrogen and oxygen atoms in total. The van der Waals surface area contributed by atoms with Crippen molar-refractivity contribution >= 4 is 45.7 Å². The topological polar surface area (TPSA) is 45.6 Å². The number of aliphatic imine (C=N–C) groups is 1. The SMILES string of the molecule is C/C(=C1/SC(=Nc2cccnc2Cl)N(C)C1=O)c1ccc(C)c(C)c1. The van der Waals surface area contributed by atoms with Crippen LogP contribution < -0.4 is 0 Å². The first-order valence-corrected chi connectivity index (χ1v) is 9.01. The van der Waals surface area contributed by atoms with E-state index in [1.807, 2.05) is 13.0 Å². The summed E-state index contributed by atoms with van der Waals surface area (Å²) in [5.74, 6) is -0.0560. The molecule has 1 aromatic heterocycles. The second kappa shape index (κ2) is 7.02. The Kier molecular flexibility index (Phi) is 4.97. The van der Waals surface area contributed by atoms with Gasteiger partial charge in [0.05, 0.1) is 4.91 Å². The molecule has 0 saturated carbocycles. The van der Waals surface area contributed by atoms with Crippen LogP contribution in [-0.4, -0.2) is 28.0 Å². The predicted octanol–water partition coefficient (Wildman–Crippen LogP) is 4.98. The number of thioether (sulfide) groups is 1. The second-order valence-electron chi connectivity index (χ2n) is 5.93. The smallest absolute Gasteiger partial charge is 0.266 e. The predicted molar refractivity (Wildman–Crippen MR) is 105 cm³/mol. The lowest BCUT2D eigenvalue weighted by atomic mass is 10.0. The molecule has 0 N–H and O–H groups in total. The number of nitrogens with zero attached hydrogens (tertiary/aromatic N) is 3. The fourth-order valence-corrected chi connectivity index (χ4v) is 3.65. The van der Waals surface area contributed by atoms with Crippen molar-refractivity contribution in [1.82, 2.24) is 9.88 Å². The van der Waals surface area contributed by atoms with Gasteiger partial charge in [0.25, 0.3) is 5.91 Å². The number of carbonyl (C=O) groups excluding carboxylic acids is 1. The normalized spacial score (nSPS) is 18.2. The molecule has 3 rings (SSSR count). The van der Waals surface area contributed by atoms with Gasteiger partial charge in [-0.1, -0.05) is 29.8 Å². The Morgan fingerprint density at radius 2 is 2.00 bits per heavy atom. The number of pyridine rings is 1. The molecule has 1 amide bonds. The first-order valence-electron chi connectivity index (χ1n) is 7.82. The fourth-order valence-electron chi connectivity index (χ4n) is 2.45. The minimum Gasteiger partial charge on any atom is -0.290 e. The number of aromatic nitrogens is 1. The summed E-state index contributed by atoms with van der Waals surface area (Å²) < 4.78 is 0. The molecular weight excluding hydrogens is 354 g/mol. The highest BCUT2D eigenvalue weighted by Gasteiger charge is 2.32. The third kappa shape index (κ3) is 3.48. The van der Waals surface area contributed by atoms with Crippen molar-refractivity contribution in [1.29, 1.82) is 0 Å². The number of allylic oxidation sites excluding steroid dienone is 1. The average molecular weight is 372 g/mol. The van der Waals surface area contributed by atoms with Crippen LogP contribution in [0.15, 0.2) is 46.4 Å². The van der Waals surface area contributed by atoms with Gasteiger partial charge in [0.15, 0.2) is 10.3 Å². The van der Waals surface area contributed by atoms with Gasteiger partial charge in [-0.25, -0.2) is 9.98 Å². The van der Waals surface area contributed by atoms with E-state index in [4.69, 9.17) is 11.6 Å². The molecule has 0 spiro atoms. The van der Waals surface area contributed by atoms with Gasteiger partial charge in [-0.3, -0.25) is 9.69 Å². The third-order valence-corrected chi connectivity index (χ3v) is 5.74. The molecule has 0 unspecified atom stereocenters. The van der Waals surface area contributed by atoms with Gasteiger partial charge in [0.1, 0.15) is 5.69 Å². The monoisotopic (exact) mass is 371 g/mol. The van der Waals surface area contributed by atoms with E-state index in [9.17, 15) is 4.79 Å². The Balaban J connectivity index is 2.00. The van der Waals surface area contributed by atoms with Crippen molar-refractivity contribution < 1.29 is 4.79 Å². The second-order valence-corrected chi connectivity index (χ2v) is 7.26. The maximum atomic E-state index is 12.7. The molecule has 2 aromatic rings. The highest BCUT2D eigenvalue weighted by atomic mass is 35.5. The highest BCUT2D eigenvalue weighted by molar-refractivity contribution is 8.18. The van der Waals surface area contributed by atoms with Crippen LogP contribution in [0.4, 0.5) is 5.69 Å². The van der Waals surface area contributed by atoms with Crippen molar-refractivity contribution in [2.75, 3.05) is 7.05 Å². The van der Waals surface area contributed by atoms with Gasteiger partial charge in [0, 0.05) is 13.2 Å². The van der Waals surface area contributed by atoms with Crippen molar-refractivity contribution in [3.05, 3.63) is 63.3 Å². The number of halogens is 1. The zero-order chi connectivity index (χ0) is 18.1. The summed E-state index contributed by atoms with van der Waals surface area (Å²) in [6.45, 7) is 6.12. The van der Waals surface area contributed by atoms with Gasteiger partial charge < -0.3 is 0 Å². The average Bonchev–Trinajstić information content (AvgIpc) is 2.87. The van der Waals surface area contributed by atoms with E-state index in [0.29, 0.717) is 20.9 Å². The van der Waals surface area contributed by atoms with E-state index < -0.39 is 0 Å². The van der Waals surface area contributed by atoms with Crippen molar-refractivity contribution in [3.8, 4) is 0 Å². The van der Waals surface area contributed by atoms with Gasteiger partial charge in [-0.15, -0.1) is 0 Å². The zero-order valence-electron chi connectivity index (χ0n) is 14.5. The van der Waals surface area contributed by atoms with E-state index in [2.05, 4.69) is 36.0 Å². The van der Waals surface area contributed by atoms with E-state index >= 15 is 0 Å². The Hall–Kier alpha value is -2.11. The molecule has 25 heavy (non-hydrogen) atoms. The van der Waals surface area contributed by atoms with Crippen molar-refractivity contribution in [3.63, 3.8) is 0 Å². The van der Waals surface area contributed by atoms with Gasteiger partial charge in [-0.2, -0.15) is 0 Å². The molecule has 1 aliphatic rings. The maximum absolute atomic E-state index is 12.7. The summed E-state index contributed by atoms with van der Waals surface area (Å²) in [7, 11) is 1.72. The van der Waals surface area contributed by atoms with Gasteiger partial charge in [-0.05, 0) is 66.9 Å². The number of rotatable bonds is 2. The van der Waals surface area contributed by atoms with Crippen LogP contribution in [0, 0.1) is 13.8 Å². The summed E-state index contributed by atoms with van der Waals surface area (Å²) in [5.41, 5.74) is 4.99. The summed E-state index contributed by atoms with van der Waals surface area (Å²) in [5, 5.41) is 0.915. The Bertz CT molecular complexity index is 921. The molecule has 1 aromatic carbocycles. The summed E-state index contributed by atoms with van der Waals surface area (Å²) in [6, 6.07) is 9.78. The van der Waals surface area contributed by atoms with Crippen LogP contribution >= 0.6 is 23.4 Å². The summed E-state index contributed by atoms with van der Waals surface area (Å²) in [4.78, 5) is 23.4. The van der Waals surface area contributed by atoms with E-state index in [0.717, 1.165) is 11.1 Å². The fraction of sp³-hybridized carbons (Fsp3) is 0.211. The molecule has 1 saturated heterocycles. The molecule has 2 heterocycles. The first-order chi connectivity index (χ1) is 11.9. The van der Waals surface area contributed by atoms with E-state index in [1.165, 1.54) is 22.9 Å². The minimum atomic E-state index is -0.0560. The molecule has 128 valence electrons. The molecule has 0 radical (unpaired) electrons. The zero-order valence-corrected chi connectivity index (χ0v) is 16.1. The number of carbonyl (C=O) groups is 1. The number of hydrogen-bond acceptors (Lipinski definition) is 4. The number of amidine groups is 1. The number of hydrogen-bond donors (Lipinski definition) is 0. The van der Waals surface area contributed by atoms with Crippen LogP contribution in [0.3, 0.4) is 0 Å². The lowest BCUT2D eigenvalue weighted by molar-refractivity contribution is -0.121. The van der Waals surface area contributed by atoms with Crippen LogP contribution in [0.5, 0.6) is 0 Å². The molecule has 6 heteroatoms. The minimum absolute atomic E-state index is 0.0560. The Morgan fingerprint density at radius 1 is 1.24 bits per heavy atom. The Morgan fingerprint density at radius 3 is 2.68 bits per heavy atom. The molecule has 1 fully saturated rings. The van der Waals surface area contributed by atoms with Crippen LogP contribution in [0.1, 0.15) is 23.6 Å².